The summed E-state index contributed by atoms with van der Waals surface area (Å²) in [7, 11) is 0. The summed E-state index contributed by atoms with van der Waals surface area (Å²) in [5.41, 5.74) is 0.820. The first kappa shape index (κ1) is 21.1. The molecule has 0 aliphatic carbocycles. The highest BCUT2D eigenvalue weighted by molar-refractivity contribution is 5.80. The van der Waals surface area contributed by atoms with Gasteiger partial charge >= 0.3 is 6.18 Å². The van der Waals surface area contributed by atoms with Gasteiger partial charge in [0.05, 0.1) is 5.69 Å². The molecule has 0 amide bonds. The maximum Gasteiger partial charge on any atom is 0.411 e. The number of anilines is 1. The summed E-state index contributed by atoms with van der Waals surface area (Å²) < 4.78 is 40.7. The Bertz CT molecular complexity index is 603. The third kappa shape index (κ3) is 7.16. The van der Waals surface area contributed by atoms with E-state index < -0.39 is 12.8 Å². The van der Waals surface area contributed by atoms with Crippen molar-refractivity contribution in [2.75, 3.05) is 57.4 Å². The first-order valence-electron chi connectivity index (χ1n) is 9.11. The molecule has 0 atom stereocenters. The van der Waals surface area contributed by atoms with Crippen molar-refractivity contribution in [2.45, 2.75) is 19.5 Å². The van der Waals surface area contributed by atoms with E-state index in [1.807, 2.05) is 19.1 Å². The Kier molecular flexibility index (Phi) is 8.02. The molecular weight excluding hydrogens is 361 g/mol. The summed E-state index contributed by atoms with van der Waals surface area (Å²) in [5, 5.41) is 13.2. The molecule has 27 heavy (non-hydrogen) atoms. The number of aliphatic imine (C=N–C) groups is 1. The Morgan fingerprint density at radius 1 is 1.22 bits per heavy atom. The van der Waals surface area contributed by atoms with E-state index in [-0.39, 0.29) is 12.4 Å². The molecule has 2 rings (SSSR count). The normalized spacial score (nSPS) is 15.9. The smallest absolute Gasteiger partial charge is 0.411 e. The van der Waals surface area contributed by atoms with Gasteiger partial charge in [-0.25, -0.2) is 0 Å². The zero-order valence-corrected chi connectivity index (χ0v) is 15.5. The number of phenolic OH excluding ortho intramolecular Hbond substituents is 1. The highest BCUT2D eigenvalue weighted by atomic mass is 19.4. The Labute approximate surface area is 157 Å². The van der Waals surface area contributed by atoms with Crippen LogP contribution in [0.25, 0.3) is 0 Å². The van der Waals surface area contributed by atoms with Crippen molar-refractivity contribution in [1.29, 1.82) is 0 Å². The van der Waals surface area contributed by atoms with Crippen LogP contribution in [0.15, 0.2) is 29.3 Å². The van der Waals surface area contributed by atoms with Crippen LogP contribution in [0.5, 0.6) is 5.75 Å². The summed E-state index contributed by atoms with van der Waals surface area (Å²) in [6.45, 7) is 4.88. The monoisotopic (exact) mass is 388 g/mol. The van der Waals surface area contributed by atoms with Crippen LogP contribution in [0.3, 0.4) is 0 Å². The van der Waals surface area contributed by atoms with Gasteiger partial charge < -0.3 is 25.0 Å². The number of hydrogen-bond donors (Lipinski definition) is 2. The molecule has 1 aliphatic rings. The van der Waals surface area contributed by atoms with Crippen LogP contribution in [0.1, 0.15) is 13.3 Å². The number of para-hydroxylation sites is 2. The average Bonchev–Trinajstić information content (AvgIpc) is 2.63. The first-order chi connectivity index (χ1) is 12.9. The SMILES string of the molecule is CCNC(=NCCCOCC(F)(F)F)N1CCN(c2ccccc2O)CC1. The third-order valence-electron chi connectivity index (χ3n) is 4.11. The number of aromatic hydroxyl groups is 1. The van der Waals surface area contributed by atoms with Gasteiger partial charge in [0.25, 0.3) is 0 Å². The number of nitrogens with one attached hydrogen (secondary N) is 1. The topological polar surface area (TPSA) is 60.3 Å². The van der Waals surface area contributed by atoms with E-state index in [4.69, 9.17) is 0 Å². The minimum absolute atomic E-state index is 0.0312. The number of alkyl halides is 3. The van der Waals surface area contributed by atoms with Gasteiger partial charge in [-0.05, 0) is 25.5 Å². The number of guanidine groups is 1. The molecule has 0 unspecified atom stereocenters. The molecule has 0 bridgehead atoms. The largest absolute Gasteiger partial charge is 0.506 e. The molecule has 9 heteroatoms. The van der Waals surface area contributed by atoms with E-state index in [2.05, 4.69) is 24.8 Å². The lowest BCUT2D eigenvalue weighted by Crippen LogP contribution is -2.52. The van der Waals surface area contributed by atoms with Gasteiger partial charge in [0.1, 0.15) is 12.4 Å². The number of ether oxygens (including phenoxy) is 1. The van der Waals surface area contributed by atoms with Gasteiger partial charge in [0.15, 0.2) is 5.96 Å². The molecule has 2 N–H and O–H groups in total. The minimum Gasteiger partial charge on any atom is -0.506 e. The van der Waals surface area contributed by atoms with Crippen LogP contribution in [0, 0.1) is 0 Å². The van der Waals surface area contributed by atoms with Crippen LogP contribution in [0.2, 0.25) is 0 Å². The number of hydrogen-bond acceptors (Lipinski definition) is 4. The second kappa shape index (κ2) is 10.2. The highest BCUT2D eigenvalue weighted by Gasteiger charge is 2.27. The average molecular weight is 388 g/mol. The van der Waals surface area contributed by atoms with Crippen molar-refractivity contribution in [3.8, 4) is 5.75 Å². The minimum atomic E-state index is -4.29. The quantitative estimate of drug-likeness (QED) is 0.427. The summed E-state index contributed by atoms with van der Waals surface area (Å²) in [5.74, 6) is 1.02. The van der Waals surface area contributed by atoms with Crippen molar-refractivity contribution >= 4 is 11.6 Å². The molecular formula is C18H27F3N4O2. The maximum atomic E-state index is 12.0. The van der Waals surface area contributed by atoms with Gasteiger partial charge in [0, 0.05) is 45.9 Å². The van der Waals surface area contributed by atoms with Crippen molar-refractivity contribution in [3.63, 3.8) is 0 Å². The Morgan fingerprint density at radius 2 is 1.93 bits per heavy atom. The standard InChI is InChI=1S/C18H27F3N4O2/c1-2-22-17(23-8-5-13-27-14-18(19,20)21)25-11-9-24(10-12-25)15-6-3-4-7-16(15)26/h3-4,6-7,26H,2,5,8-14H2,1H3,(H,22,23). The van der Waals surface area contributed by atoms with E-state index in [0.29, 0.717) is 19.5 Å². The van der Waals surface area contributed by atoms with Crippen molar-refractivity contribution in [3.05, 3.63) is 24.3 Å². The zero-order valence-electron chi connectivity index (χ0n) is 15.5. The lowest BCUT2D eigenvalue weighted by Gasteiger charge is -2.37. The molecule has 1 heterocycles. The van der Waals surface area contributed by atoms with Crippen molar-refractivity contribution in [2.24, 2.45) is 4.99 Å². The van der Waals surface area contributed by atoms with Crippen LogP contribution in [0.4, 0.5) is 18.9 Å². The molecule has 6 nitrogen and oxygen atoms in total. The van der Waals surface area contributed by atoms with Gasteiger partial charge in [-0.15, -0.1) is 0 Å². The summed E-state index contributed by atoms with van der Waals surface area (Å²) in [6.07, 6.45) is -3.85. The summed E-state index contributed by atoms with van der Waals surface area (Å²) >= 11 is 0. The Hall–Kier alpha value is -2.16. The summed E-state index contributed by atoms with van der Waals surface area (Å²) in [4.78, 5) is 8.74. The van der Waals surface area contributed by atoms with Crippen molar-refractivity contribution < 1.29 is 23.0 Å². The second-order valence-corrected chi connectivity index (χ2v) is 6.22. The molecule has 0 saturated carbocycles. The number of halogens is 3. The fraction of sp³-hybridized carbons (Fsp3) is 0.611. The van der Waals surface area contributed by atoms with Gasteiger partial charge in [0.2, 0.25) is 0 Å². The van der Waals surface area contributed by atoms with E-state index in [0.717, 1.165) is 37.8 Å². The molecule has 1 aromatic carbocycles. The molecule has 0 radical (unpaired) electrons. The van der Waals surface area contributed by atoms with Gasteiger partial charge in [-0.2, -0.15) is 13.2 Å². The fourth-order valence-corrected chi connectivity index (χ4v) is 2.86. The number of rotatable bonds is 7. The molecule has 1 aromatic rings. The number of piperazine rings is 1. The van der Waals surface area contributed by atoms with Crippen molar-refractivity contribution in [1.82, 2.24) is 10.2 Å². The predicted molar refractivity (Wildman–Crippen MR) is 99.4 cm³/mol. The molecule has 1 fully saturated rings. The number of phenols is 1. The molecule has 152 valence electrons. The maximum absolute atomic E-state index is 12.0. The molecule has 0 spiro atoms. The summed E-state index contributed by atoms with van der Waals surface area (Å²) in [6, 6.07) is 7.26. The van der Waals surface area contributed by atoms with Gasteiger partial charge in [-0.1, -0.05) is 12.1 Å². The van der Waals surface area contributed by atoms with Crippen LogP contribution in [-0.4, -0.2) is 74.6 Å². The molecule has 1 aliphatic heterocycles. The van der Waals surface area contributed by atoms with E-state index in [1.54, 1.807) is 12.1 Å². The predicted octanol–water partition coefficient (Wildman–Crippen LogP) is 2.45. The van der Waals surface area contributed by atoms with Gasteiger partial charge in [-0.3, -0.25) is 4.99 Å². The second-order valence-electron chi connectivity index (χ2n) is 6.22. The fourth-order valence-electron chi connectivity index (χ4n) is 2.86. The van der Waals surface area contributed by atoms with Crippen LogP contribution >= 0.6 is 0 Å². The molecule has 1 saturated heterocycles. The van der Waals surface area contributed by atoms with E-state index in [1.165, 1.54) is 0 Å². The van der Waals surface area contributed by atoms with Crippen LogP contribution in [-0.2, 0) is 4.74 Å². The number of nitrogens with zero attached hydrogens (tertiary/aromatic N) is 3. The molecule has 0 aromatic heterocycles. The Balaban J connectivity index is 1.80. The van der Waals surface area contributed by atoms with E-state index in [9.17, 15) is 18.3 Å². The van der Waals surface area contributed by atoms with E-state index >= 15 is 0 Å². The highest BCUT2D eigenvalue weighted by Crippen LogP contribution is 2.27. The Morgan fingerprint density at radius 3 is 2.56 bits per heavy atom. The lowest BCUT2D eigenvalue weighted by atomic mass is 10.2. The van der Waals surface area contributed by atoms with Crippen LogP contribution < -0.4 is 10.2 Å². The third-order valence-corrected chi connectivity index (χ3v) is 4.11. The lowest BCUT2D eigenvalue weighted by molar-refractivity contribution is -0.173. The number of benzene rings is 1. The first-order valence-corrected chi connectivity index (χ1v) is 9.11. The zero-order chi connectivity index (χ0) is 19.7.